The van der Waals surface area contributed by atoms with Crippen molar-refractivity contribution in [2.45, 2.75) is 25.9 Å². The fourth-order valence-corrected chi connectivity index (χ4v) is 4.56. The number of nitrogens with zero attached hydrogens (tertiary/aromatic N) is 4. The molecule has 37 heavy (non-hydrogen) atoms. The van der Waals surface area contributed by atoms with Crippen LogP contribution in [0.15, 0.2) is 60.7 Å². The van der Waals surface area contributed by atoms with E-state index in [0.717, 1.165) is 10.0 Å². The standard InChI is InChI=1S/C25H26N6O4S2/c1-17(35-15-13-21-29-31-25(37-21)27-23(33)19-10-6-3-7-11-19)16-34-14-12-20-28-30-24(36-20)26-22(32)18-8-4-2-5-9-18/h2-11,17H,12-16H2,1H3,(H,26,30,32)(H,27,31,33). The third-order valence-corrected chi connectivity index (χ3v) is 6.77. The number of benzene rings is 2. The minimum Gasteiger partial charge on any atom is -0.378 e. The molecule has 1 atom stereocenters. The number of anilines is 2. The first-order valence-electron chi connectivity index (χ1n) is 11.6. The average molecular weight is 539 g/mol. The van der Waals surface area contributed by atoms with Crippen LogP contribution in [0, 0.1) is 0 Å². The van der Waals surface area contributed by atoms with E-state index in [1.54, 1.807) is 24.3 Å². The fourth-order valence-electron chi connectivity index (χ4n) is 3.13. The highest BCUT2D eigenvalue weighted by Crippen LogP contribution is 2.18. The first-order valence-corrected chi connectivity index (χ1v) is 13.3. The van der Waals surface area contributed by atoms with Crippen LogP contribution >= 0.6 is 22.7 Å². The zero-order chi connectivity index (χ0) is 25.9. The van der Waals surface area contributed by atoms with Crippen LogP contribution in [0.25, 0.3) is 0 Å². The van der Waals surface area contributed by atoms with Gasteiger partial charge in [0.1, 0.15) is 10.0 Å². The van der Waals surface area contributed by atoms with Crippen LogP contribution < -0.4 is 10.6 Å². The van der Waals surface area contributed by atoms with Gasteiger partial charge in [-0.25, -0.2) is 0 Å². The van der Waals surface area contributed by atoms with E-state index >= 15 is 0 Å². The van der Waals surface area contributed by atoms with Crippen molar-refractivity contribution in [1.29, 1.82) is 0 Å². The van der Waals surface area contributed by atoms with Gasteiger partial charge in [0.05, 0.1) is 25.9 Å². The highest BCUT2D eigenvalue weighted by molar-refractivity contribution is 7.15. The van der Waals surface area contributed by atoms with Crippen molar-refractivity contribution >= 4 is 44.8 Å². The van der Waals surface area contributed by atoms with Crippen molar-refractivity contribution in [1.82, 2.24) is 20.4 Å². The van der Waals surface area contributed by atoms with Gasteiger partial charge >= 0.3 is 0 Å². The molecule has 2 aromatic carbocycles. The van der Waals surface area contributed by atoms with Crippen LogP contribution in [-0.4, -0.2) is 58.1 Å². The summed E-state index contributed by atoms with van der Waals surface area (Å²) in [5.41, 5.74) is 1.13. The molecule has 10 nitrogen and oxygen atoms in total. The Morgan fingerprint density at radius 1 is 0.757 bits per heavy atom. The van der Waals surface area contributed by atoms with Crippen molar-refractivity contribution in [2.75, 3.05) is 30.5 Å². The molecule has 192 valence electrons. The Hall–Kier alpha value is -3.58. The van der Waals surface area contributed by atoms with Gasteiger partial charge in [-0.2, -0.15) is 0 Å². The van der Waals surface area contributed by atoms with Crippen molar-refractivity contribution in [3.8, 4) is 0 Å². The summed E-state index contributed by atoms with van der Waals surface area (Å²) in [6.45, 7) is 3.31. The van der Waals surface area contributed by atoms with E-state index in [2.05, 4.69) is 31.0 Å². The first kappa shape index (κ1) is 26.5. The summed E-state index contributed by atoms with van der Waals surface area (Å²) < 4.78 is 11.5. The summed E-state index contributed by atoms with van der Waals surface area (Å²) >= 11 is 2.65. The lowest BCUT2D eigenvalue weighted by Crippen LogP contribution is -2.18. The maximum atomic E-state index is 12.2. The SMILES string of the molecule is CC(COCCc1nnc(NC(=O)c2ccccc2)s1)OCCc1nnc(NC(=O)c2ccccc2)s1. The summed E-state index contributed by atoms with van der Waals surface area (Å²) in [7, 11) is 0. The molecule has 0 aliphatic rings. The molecular weight excluding hydrogens is 512 g/mol. The van der Waals surface area contributed by atoms with E-state index in [-0.39, 0.29) is 17.9 Å². The van der Waals surface area contributed by atoms with Crippen molar-refractivity contribution in [3.05, 3.63) is 81.8 Å². The third-order valence-electron chi connectivity index (χ3n) is 4.98. The lowest BCUT2D eigenvalue weighted by molar-refractivity contribution is -0.00472. The van der Waals surface area contributed by atoms with Crippen LogP contribution in [0.2, 0.25) is 0 Å². The number of hydrogen-bond acceptors (Lipinski definition) is 10. The van der Waals surface area contributed by atoms with Crippen LogP contribution in [0.5, 0.6) is 0 Å². The Bertz CT molecular complexity index is 1280. The number of carbonyl (C=O) groups is 2. The lowest BCUT2D eigenvalue weighted by Gasteiger charge is -2.12. The first-order chi connectivity index (χ1) is 18.1. The Kier molecular flexibility index (Phi) is 9.77. The molecule has 0 bridgehead atoms. The predicted molar refractivity (Wildman–Crippen MR) is 142 cm³/mol. The zero-order valence-electron chi connectivity index (χ0n) is 20.1. The zero-order valence-corrected chi connectivity index (χ0v) is 21.8. The van der Waals surface area contributed by atoms with Crippen molar-refractivity contribution in [2.24, 2.45) is 0 Å². The van der Waals surface area contributed by atoms with Gasteiger partial charge in [-0.1, -0.05) is 59.1 Å². The van der Waals surface area contributed by atoms with Crippen LogP contribution in [0.3, 0.4) is 0 Å². The van der Waals surface area contributed by atoms with E-state index in [4.69, 9.17) is 9.47 Å². The molecular formula is C25H26N6O4S2. The Morgan fingerprint density at radius 3 is 1.76 bits per heavy atom. The molecule has 2 heterocycles. The normalized spacial score (nSPS) is 11.7. The smallest absolute Gasteiger partial charge is 0.257 e. The van der Waals surface area contributed by atoms with Gasteiger partial charge in [0.25, 0.3) is 11.8 Å². The molecule has 0 saturated heterocycles. The van der Waals surface area contributed by atoms with E-state index in [1.165, 1.54) is 22.7 Å². The molecule has 1 unspecified atom stereocenters. The van der Waals surface area contributed by atoms with Gasteiger partial charge in [-0.05, 0) is 31.2 Å². The molecule has 2 N–H and O–H groups in total. The Labute approximate surface area is 222 Å². The summed E-state index contributed by atoms with van der Waals surface area (Å²) in [4.78, 5) is 24.4. The van der Waals surface area contributed by atoms with E-state index in [1.807, 2.05) is 43.3 Å². The molecule has 12 heteroatoms. The molecule has 0 spiro atoms. The van der Waals surface area contributed by atoms with Gasteiger partial charge in [0.15, 0.2) is 0 Å². The lowest BCUT2D eigenvalue weighted by atomic mass is 10.2. The van der Waals surface area contributed by atoms with Crippen LogP contribution in [0.4, 0.5) is 10.3 Å². The monoisotopic (exact) mass is 538 g/mol. The van der Waals surface area contributed by atoms with Crippen LogP contribution in [0.1, 0.15) is 37.7 Å². The predicted octanol–water partition coefficient (Wildman–Crippen LogP) is 4.10. The Morgan fingerprint density at radius 2 is 1.24 bits per heavy atom. The number of ether oxygens (including phenoxy) is 2. The number of carbonyl (C=O) groups excluding carboxylic acids is 2. The molecule has 0 saturated carbocycles. The second-order valence-electron chi connectivity index (χ2n) is 7.90. The third kappa shape index (κ3) is 8.50. The summed E-state index contributed by atoms with van der Waals surface area (Å²) in [5, 5.41) is 24.3. The van der Waals surface area contributed by atoms with Gasteiger partial charge < -0.3 is 9.47 Å². The number of hydrogen-bond donors (Lipinski definition) is 2. The highest BCUT2D eigenvalue weighted by Gasteiger charge is 2.12. The van der Waals surface area contributed by atoms with Gasteiger partial charge in [0.2, 0.25) is 10.3 Å². The molecule has 0 aliphatic carbocycles. The maximum Gasteiger partial charge on any atom is 0.257 e. The van der Waals surface area contributed by atoms with E-state index < -0.39 is 0 Å². The minimum atomic E-state index is -0.216. The highest BCUT2D eigenvalue weighted by atomic mass is 32.1. The number of nitrogens with one attached hydrogen (secondary N) is 2. The van der Waals surface area contributed by atoms with Gasteiger partial charge in [-0.3, -0.25) is 20.2 Å². The maximum absolute atomic E-state index is 12.2. The summed E-state index contributed by atoms with van der Waals surface area (Å²) in [5.74, 6) is -0.431. The largest absolute Gasteiger partial charge is 0.378 e. The Balaban J connectivity index is 1.09. The van der Waals surface area contributed by atoms with Crippen molar-refractivity contribution in [3.63, 3.8) is 0 Å². The van der Waals surface area contributed by atoms with E-state index in [9.17, 15) is 9.59 Å². The number of aromatic nitrogens is 4. The van der Waals surface area contributed by atoms with Crippen LogP contribution in [-0.2, 0) is 22.3 Å². The van der Waals surface area contributed by atoms with Gasteiger partial charge in [0, 0.05) is 24.0 Å². The van der Waals surface area contributed by atoms with E-state index in [0.29, 0.717) is 54.1 Å². The molecule has 2 aromatic heterocycles. The molecule has 2 amide bonds. The molecule has 0 aliphatic heterocycles. The number of rotatable bonds is 13. The molecule has 0 fully saturated rings. The van der Waals surface area contributed by atoms with Gasteiger partial charge in [-0.15, -0.1) is 20.4 Å². The quantitative estimate of drug-likeness (QED) is 0.244. The number of amides is 2. The minimum absolute atomic E-state index is 0.0969. The second kappa shape index (κ2) is 13.7. The fraction of sp³-hybridized carbons (Fsp3) is 0.280. The topological polar surface area (TPSA) is 128 Å². The molecule has 0 radical (unpaired) electrons. The average Bonchev–Trinajstić information content (AvgIpc) is 3.56. The van der Waals surface area contributed by atoms with Crippen molar-refractivity contribution < 1.29 is 19.1 Å². The summed E-state index contributed by atoms with van der Waals surface area (Å²) in [6, 6.07) is 17.9. The molecule has 4 aromatic rings. The second-order valence-corrected chi connectivity index (χ2v) is 10.0. The molecule has 4 rings (SSSR count). The summed E-state index contributed by atoms with van der Waals surface area (Å²) in [6.07, 6.45) is 1.08.